The van der Waals surface area contributed by atoms with E-state index in [4.69, 9.17) is 5.11 Å². The molecule has 1 N–H and O–H groups in total. The number of aliphatic carboxylic acids is 1. The monoisotopic (exact) mass is 210 g/mol. The fourth-order valence-corrected chi connectivity index (χ4v) is 1.61. The molecule has 0 spiro atoms. The first-order valence-corrected chi connectivity index (χ1v) is 5.30. The Hall–Kier alpha value is -1.32. The first-order valence-electron chi connectivity index (χ1n) is 5.30. The zero-order valence-corrected chi connectivity index (χ0v) is 9.53. The summed E-state index contributed by atoms with van der Waals surface area (Å²) in [6.07, 6.45) is 0.957. The van der Waals surface area contributed by atoms with Gasteiger partial charge in [0.1, 0.15) is 0 Å². The molecule has 1 rings (SSSR count). The maximum Gasteiger partial charge on any atom is 0.309 e. The average Bonchev–Trinajstić information content (AvgIpc) is 2.45. The molecule has 84 valence electrons. The summed E-state index contributed by atoms with van der Waals surface area (Å²) in [5.41, 5.74) is 1.78. The Labute approximate surface area is 89.9 Å². The molecular formula is C11H18N2O2. The lowest BCUT2D eigenvalue weighted by atomic mass is 10.1. The maximum absolute atomic E-state index is 10.6. The standard InChI is InChI=1S/C11H18N2O2/c1-4-13-10(5-8(2)3)6-9(12-13)7-11(14)15/h6,8H,4-5,7H2,1-3H3,(H,14,15). The van der Waals surface area contributed by atoms with E-state index in [1.54, 1.807) is 0 Å². The first-order chi connectivity index (χ1) is 7.02. The second-order valence-corrected chi connectivity index (χ2v) is 4.11. The molecule has 0 unspecified atom stereocenters. The van der Waals surface area contributed by atoms with E-state index in [1.165, 1.54) is 0 Å². The fraction of sp³-hybridized carbons (Fsp3) is 0.636. The van der Waals surface area contributed by atoms with Gasteiger partial charge in [-0.05, 0) is 25.3 Å². The van der Waals surface area contributed by atoms with Crippen molar-refractivity contribution in [3.8, 4) is 0 Å². The van der Waals surface area contributed by atoms with Crippen LogP contribution in [0.15, 0.2) is 6.07 Å². The lowest BCUT2D eigenvalue weighted by Crippen LogP contribution is -2.06. The van der Waals surface area contributed by atoms with E-state index >= 15 is 0 Å². The van der Waals surface area contributed by atoms with Gasteiger partial charge in [0.15, 0.2) is 0 Å². The highest BCUT2D eigenvalue weighted by molar-refractivity contribution is 5.69. The molecule has 0 aliphatic heterocycles. The predicted octanol–water partition coefficient (Wildman–Crippen LogP) is 1.73. The van der Waals surface area contributed by atoms with Crippen LogP contribution in [0.2, 0.25) is 0 Å². The molecule has 0 amide bonds. The van der Waals surface area contributed by atoms with Crippen molar-refractivity contribution in [2.75, 3.05) is 0 Å². The molecule has 0 aliphatic rings. The van der Waals surface area contributed by atoms with E-state index in [0.29, 0.717) is 11.6 Å². The van der Waals surface area contributed by atoms with Crippen molar-refractivity contribution in [1.82, 2.24) is 9.78 Å². The zero-order valence-electron chi connectivity index (χ0n) is 9.53. The second-order valence-electron chi connectivity index (χ2n) is 4.11. The third kappa shape index (κ3) is 3.38. The number of aromatic nitrogens is 2. The van der Waals surface area contributed by atoms with Crippen molar-refractivity contribution in [3.63, 3.8) is 0 Å². The molecule has 0 saturated heterocycles. The molecule has 0 atom stereocenters. The van der Waals surface area contributed by atoms with Crippen LogP contribution in [0.5, 0.6) is 0 Å². The number of rotatable bonds is 5. The fourth-order valence-electron chi connectivity index (χ4n) is 1.61. The molecule has 1 aromatic rings. The number of carbonyl (C=O) groups is 1. The van der Waals surface area contributed by atoms with E-state index in [2.05, 4.69) is 18.9 Å². The van der Waals surface area contributed by atoms with Crippen molar-refractivity contribution < 1.29 is 9.90 Å². The summed E-state index contributed by atoms with van der Waals surface area (Å²) in [5, 5.41) is 12.9. The van der Waals surface area contributed by atoms with E-state index < -0.39 is 5.97 Å². The summed E-state index contributed by atoms with van der Waals surface area (Å²) in [4.78, 5) is 10.6. The van der Waals surface area contributed by atoms with Gasteiger partial charge >= 0.3 is 5.97 Å². The minimum Gasteiger partial charge on any atom is -0.481 e. The SMILES string of the molecule is CCn1nc(CC(=O)O)cc1CC(C)C. The van der Waals surface area contributed by atoms with E-state index in [9.17, 15) is 4.79 Å². The topological polar surface area (TPSA) is 55.1 Å². The smallest absolute Gasteiger partial charge is 0.309 e. The van der Waals surface area contributed by atoms with Crippen LogP contribution in [-0.4, -0.2) is 20.9 Å². The number of carboxylic acids is 1. The maximum atomic E-state index is 10.6. The van der Waals surface area contributed by atoms with Gasteiger partial charge in [0, 0.05) is 12.2 Å². The third-order valence-corrected chi connectivity index (χ3v) is 2.16. The Kier molecular flexibility index (Phi) is 3.88. The Morgan fingerprint density at radius 1 is 1.60 bits per heavy atom. The molecular weight excluding hydrogens is 192 g/mol. The molecule has 4 nitrogen and oxygen atoms in total. The van der Waals surface area contributed by atoms with Gasteiger partial charge in [0.05, 0.1) is 12.1 Å². The minimum absolute atomic E-state index is 0.0120. The minimum atomic E-state index is -0.827. The van der Waals surface area contributed by atoms with Gasteiger partial charge in [-0.15, -0.1) is 0 Å². The summed E-state index contributed by atoms with van der Waals surface area (Å²) in [6.45, 7) is 7.09. The van der Waals surface area contributed by atoms with Crippen molar-refractivity contribution in [1.29, 1.82) is 0 Å². The number of aryl methyl sites for hydroxylation is 1. The van der Waals surface area contributed by atoms with Crippen LogP contribution < -0.4 is 0 Å². The number of carboxylic acid groups (broad SMARTS) is 1. The van der Waals surface area contributed by atoms with Gasteiger partial charge < -0.3 is 5.11 Å². The second kappa shape index (κ2) is 4.96. The van der Waals surface area contributed by atoms with Gasteiger partial charge in [-0.3, -0.25) is 9.48 Å². The third-order valence-electron chi connectivity index (χ3n) is 2.16. The predicted molar refractivity (Wildman–Crippen MR) is 57.8 cm³/mol. The summed E-state index contributed by atoms with van der Waals surface area (Å²) in [7, 11) is 0. The highest BCUT2D eigenvalue weighted by Gasteiger charge is 2.10. The van der Waals surface area contributed by atoms with Crippen LogP contribution in [0.3, 0.4) is 0 Å². The van der Waals surface area contributed by atoms with E-state index in [0.717, 1.165) is 18.7 Å². The van der Waals surface area contributed by atoms with Gasteiger partial charge in [0.2, 0.25) is 0 Å². The van der Waals surface area contributed by atoms with Crippen LogP contribution >= 0.6 is 0 Å². The van der Waals surface area contributed by atoms with Crippen molar-refractivity contribution in [3.05, 3.63) is 17.5 Å². The molecule has 0 aliphatic carbocycles. The van der Waals surface area contributed by atoms with Gasteiger partial charge in [0.25, 0.3) is 0 Å². The molecule has 4 heteroatoms. The van der Waals surface area contributed by atoms with Crippen LogP contribution in [0.25, 0.3) is 0 Å². The molecule has 15 heavy (non-hydrogen) atoms. The Morgan fingerprint density at radius 3 is 2.73 bits per heavy atom. The van der Waals surface area contributed by atoms with E-state index in [-0.39, 0.29) is 6.42 Å². The summed E-state index contributed by atoms with van der Waals surface area (Å²) >= 11 is 0. The number of hydrogen-bond acceptors (Lipinski definition) is 2. The number of nitrogens with zero attached hydrogens (tertiary/aromatic N) is 2. The van der Waals surface area contributed by atoms with Crippen LogP contribution in [-0.2, 0) is 24.2 Å². The lowest BCUT2D eigenvalue weighted by molar-refractivity contribution is -0.136. The first kappa shape index (κ1) is 11.8. The summed E-state index contributed by atoms with van der Waals surface area (Å²) in [6, 6.07) is 1.90. The molecule has 0 fully saturated rings. The van der Waals surface area contributed by atoms with Gasteiger partial charge in [-0.1, -0.05) is 13.8 Å². The Balaban J connectivity index is 2.84. The van der Waals surface area contributed by atoms with Gasteiger partial charge in [-0.25, -0.2) is 0 Å². The molecule has 0 bridgehead atoms. The van der Waals surface area contributed by atoms with Gasteiger partial charge in [-0.2, -0.15) is 5.10 Å². The summed E-state index contributed by atoms with van der Waals surface area (Å²) < 4.78 is 1.89. The van der Waals surface area contributed by atoms with Crippen molar-refractivity contribution in [2.24, 2.45) is 5.92 Å². The molecule has 1 aromatic heterocycles. The normalized spacial score (nSPS) is 10.9. The zero-order chi connectivity index (χ0) is 11.4. The summed E-state index contributed by atoms with van der Waals surface area (Å²) in [5.74, 6) is -0.267. The largest absolute Gasteiger partial charge is 0.481 e. The highest BCUT2D eigenvalue weighted by atomic mass is 16.4. The molecule has 0 radical (unpaired) electrons. The lowest BCUT2D eigenvalue weighted by Gasteiger charge is -2.06. The van der Waals surface area contributed by atoms with Crippen molar-refractivity contribution in [2.45, 2.75) is 40.2 Å². The Bertz CT molecular complexity index is 342. The number of hydrogen-bond donors (Lipinski definition) is 1. The average molecular weight is 210 g/mol. The van der Waals surface area contributed by atoms with Crippen LogP contribution in [0.1, 0.15) is 32.2 Å². The van der Waals surface area contributed by atoms with Crippen LogP contribution in [0.4, 0.5) is 0 Å². The van der Waals surface area contributed by atoms with Crippen molar-refractivity contribution >= 4 is 5.97 Å². The Morgan fingerprint density at radius 2 is 2.27 bits per heavy atom. The molecule has 1 heterocycles. The molecule has 0 saturated carbocycles. The van der Waals surface area contributed by atoms with Crippen LogP contribution in [0, 0.1) is 5.92 Å². The highest BCUT2D eigenvalue weighted by Crippen LogP contribution is 2.11. The molecule has 0 aromatic carbocycles. The van der Waals surface area contributed by atoms with E-state index in [1.807, 2.05) is 17.7 Å². The quantitative estimate of drug-likeness (QED) is 0.805.